The normalized spacial score (nSPS) is 27.1. The van der Waals surface area contributed by atoms with Gasteiger partial charge in [-0.1, -0.05) is 6.42 Å². The van der Waals surface area contributed by atoms with Gasteiger partial charge in [-0.3, -0.25) is 9.59 Å². The van der Waals surface area contributed by atoms with Crippen molar-refractivity contribution in [2.24, 2.45) is 17.4 Å². The molecule has 5 N–H and O–H groups in total. The minimum Gasteiger partial charge on any atom is -0.370 e. The average Bonchev–Trinajstić information content (AvgIpc) is 2.16. The number of carbonyl (C=O) groups is 2. The van der Waals surface area contributed by atoms with E-state index in [-0.39, 0.29) is 30.3 Å². The molecule has 1 rings (SSSR count). The number of hydrogen-bond donors (Lipinski definition) is 3. The summed E-state index contributed by atoms with van der Waals surface area (Å²) in [6, 6.07) is -0.0564. The Morgan fingerprint density at radius 3 is 2.69 bits per heavy atom. The molecule has 0 aromatic rings. The summed E-state index contributed by atoms with van der Waals surface area (Å²) in [5, 5.41) is 2.81. The Morgan fingerprint density at radius 1 is 1.44 bits per heavy atom. The molecule has 1 saturated carbocycles. The lowest BCUT2D eigenvalue weighted by Crippen LogP contribution is -2.42. The molecule has 0 aliphatic heterocycles. The van der Waals surface area contributed by atoms with Crippen LogP contribution in [0.1, 0.15) is 39.0 Å². The second kappa shape index (κ2) is 5.84. The fraction of sp³-hybridized carbons (Fsp3) is 0.818. The van der Waals surface area contributed by atoms with E-state index < -0.39 is 5.91 Å². The molecular weight excluding hydrogens is 206 g/mol. The maximum atomic E-state index is 11.8. The fourth-order valence-corrected chi connectivity index (χ4v) is 2.18. The van der Waals surface area contributed by atoms with Gasteiger partial charge in [-0.05, 0) is 26.2 Å². The number of primary amides is 1. The van der Waals surface area contributed by atoms with Gasteiger partial charge >= 0.3 is 0 Å². The second-order valence-electron chi connectivity index (χ2n) is 4.70. The number of amides is 2. The molecule has 0 aromatic carbocycles. The van der Waals surface area contributed by atoms with Crippen molar-refractivity contribution in [3.05, 3.63) is 0 Å². The lowest BCUT2D eigenvalue weighted by Gasteiger charge is -2.26. The van der Waals surface area contributed by atoms with Gasteiger partial charge in [0.25, 0.3) is 0 Å². The van der Waals surface area contributed by atoms with Crippen LogP contribution in [0.3, 0.4) is 0 Å². The molecule has 3 unspecified atom stereocenters. The summed E-state index contributed by atoms with van der Waals surface area (Å²) in [4.78, 5) is 22.5. The highest BCUT2D eigenvalue weighted by Crippen LogP contribution is 2.23. The lowest BCUT2D eigenvalue weighted by atomic mass is 9.85. The molecule has 0 heterocycles. The quantitative estimate of drug-likeness (QED) is 0.624. The molecule has 0 spiro atoms. The van der Waals surface area contributed by atoms with Crippen molar-refractivity contribution in [2.75, 3.05) is 0 Å². The van der Waals surface area contributed by atoms with Gasteiger partial charge < -0.3 is 16.8 Å². The van der Waals surface area contributed by atoms with Crippen molar-refractivity contribution in [3.8, 4) is 0 Å². The van der Waals surface area contributed by atoms with E-state index in [4.69, 9.17) is 11.5 Å². The third-order valence-corrected chi connectivity index (χ3v) is 2.98. The van der Waals surface area contributed by atoms with Gasteiger partial charge in [-0.25, -0.2) is 0 Å². The fourth-order valence-electron chi connectivity index (χ4n) is 2.18. The third kappa shape index (κ3) is 4.18. The van der Waals surface area contributed by atoms with Crippen LogP contribution < -0.4 is 16.8 Å². The molecule has 92 valence electrons. The Hall–Kier alpha value is -1.10. The van der Waals surface area contributed by atoms with E-state index in [2.05, 4.69) is 5.32 Å². The average molecular weight is 227 g/mol. The highest BCUT2D eigenvalue weighted by Gasteiger charge is 2.26. The van der Waals surface area contributed by atoms with Gasteiger partial charge in [0.1, 0.15) is 0 Å². The summed E-state index contributed by atoms with van der Waals surface area (Å²) in [5.41, 5.74) is 10.9. The summed E-state index contributed by atoms with van der Waals surface area (Å²) >= 11 is 0. The molecule has 0 bridgehead atoms. The van der Waals surface area contributed by atoms with Crippen molar-refractivity contribution in [2.45, 2.75) is 51.1 Å². The molecule has 2 amide bonds. The van der Waals surface area contributed by atoms with Crippen molar-refractivity contribution in [3.63, 3.8) is 0 Å². The summed E-state index contributed by atoms with van der Waals surface area (Å²) in [6.45, 7) is 1.78. The van der Waals surface area contributed by atoms with Crippen LogP contribution in [-0.4, -0.2) is 23.9 Å². The first-order chi connectivity index (χ1) is 7.49. The molecule has 16 heavy (non-hydrogen) atoms. The van der Waals surface area contributed by atoms with E-state index in [1.54, 1.807) is 6.92 Å². The van der Waals surface area contributed by atoms with E-state index >= 15 is 0 Å². The third-order valence-electron chi connectivity index (χ3n) is 2.98. The Kier molecular flexibility index (Phi) is 4.73. The van der Waals surface area contributed by atoms with E-state index in [0.29, 0.717) is 0 Å². The minimum absolute atomic E-state index is 0.000855. The summed E-state index contributed by atoms with van der Waals surface area (Å²) < 4.78 is 0. The Morgan fingerprint density at radius 2 is 2.12 bits per heavy atom. The van der Waals surface area contributed by atoms with Crippen LogP contribution in [-0.2, 0) is 9.59 Å². The highest BCUT2D eigenvalue weighted by molar-refractivity contribution is 5.80. The van der Waals surface area contributed by atoms with Crippen molar-refractivity contribution < 1.29 is 9.59 Å². The number of rotatable bonds is 4. The maximum absolute atomic E-state index is 11.8. The van der Waals surface area contributed by atoms with Crippen LogP contribution >= 0.6 is 0 Å². The van der Waals surface area contributed by atoms with Crippen LogP contribution in [0.5, 0.6) is 0 Å². The Balaban J connectivity index is 2.36. The molecule has 3 atom stereocenters. The van der Waals surface area contributed by atoms with Gasteiger partial charge in [0.05, 0.1) is 0 Å². The van der Waals surface area contributed by atoms with Crippen LogP contribution in [0.15, 0.2) is 0 Å². The van der Waals surface area contributed by atoms with Crippen molar-refractivity contribution in [1.29, 1.82) is 0 Å². The Labute approximate surface area is 95.9 Å². The topological polar surface area (TPSA) is 98.2 Å². The smallest absolute Gasteiger partial charge is 0.223 e. The summed E-state index contributed by atoms with van der Waals surface area (Å²) in [6.07, 6.45) is 3.83. The first-order valence-corrected chi connectivity index (χ1v) is 5.83. The monoisotopic (exact) mass is 227 g/mol. The van der Waals surface area contributed by atoms with Crippen LogP contribution in [0.2, 0.25) is 0 Å². The maximum Gasteiger partial charge on any atom is 0.223 e. The molecule has 0 radical (unpaired) electrons. The highest BCUT2D eigenvalue weighted by atomic mass is 16.2. The zero-order valence-corrected chi connectivity index (χ0v) is 9.74. The van der Waals surface area contributed by atoms with Crippen LogP contribution in [0.25, 0.3) is 0 Å². The minimum atomic E-state index is -0.395. The zero-order chi connectivity index (χ0) is 12.1. The van der Waals surface area contributed by atoms with Gasteiger partial charge in [0, 0.05) is 24.4 Å². The molecule has 1 aliphatic carbocycles. The molecule has 5 heteroatoms. The number of hydrogen-bond acceptors (Lipinski definition) is 3. The second-order valence-corrected chi connectivity index (χ2v) is 4.70. The molecule has 1 aliphatic rings. The predicted octanol–water partition coefficient (Wildman–Crippen LogP) is -0.116. The molecular formula is C11H21N3O2. The lowest BCUT2D eigenvalue weighted by molar-refractivity contribution is -0.127. The van der Waals surface area contributed by atoms with E-state index in [1.165, 1.54) is 0 Å². The van der Waals surface area contributed by atoms with Gasteiger partial charge in [-0.15, -0.1) is 0 Å². The molecule has 0 saturated heterocycles. The van der Waals surface area contributed by atoms with E-state index in [9.17, 15) is 9.59 Å². The van der Waals surface area contributed by atoms with E-state index in [1.807, 2.05) is 0 Å². The SMILES string of the molecule is CC(CC(N)=O)NC(=O)C1CCCC(N)C1. The van der Waals surface area contributed by atoms with Crippen molar-refractivity contribution >= 4 is 11.8 Å². The number of carbonyl (C=O) groups excluding carboxylic acids is 2. The largest absolute Gasteiger partial charge is 0.370 e. The predicted molar refractivity (Wildman–Crippen MR) is 61.3 cm³/mol. The Bertz CT molecular complexity index is 268. The molecule has 5 nitrogen and oxygen atoms in total. The van der Waals surface area contributed by atoms with Gasteiger partial charge in [0.2, 0.25) is 11.8 Å². The first kappa shape index (κ1) is 13.0. The van der Waals surface area contributed by atoms with E-state index in [0.717, 1.165) is 25.7 Å². The van der Waals surface area contributed by atoms with Crippen LogP contribution in [0, 0.1) is 5.92 Å². The van der Waals surface area contributed by atoms with Crippen molar-refractivity contribution in [1.82, 2.24) is 5.32 Å². The van der Waals surface area contributed by atoms with Gasteiger partial charge in [0.15, 0.2) is 0 Å². The molecule has 1 fully saturated rings. The number of nitrogens with one attached hydrogen (secondary N) is 1. The summed E-state index contributed by atoms with van der Waals surface area (Å²) in [5.74, 6) is -0.392. The van der Waals surface area contributed by atoms with Crippen LogP contribution in [0.4, 0.5) is 0 Å². The molecule has 0 aromatic heterocycles. The first-order valence-electron chi connectivity index (χ1n) is 5.83. The zero-order valence-electron chi connectivity index (χ0n) is 9.74. The summed E-state index contributed by atoms with van der Waals surface area (Å²) in [7, 11) is 0. The standard InChI is InChI=1S/C11H21N3O2/c1-7(5-10(13)15)14-11(16)8-3-2-4-9(12)6-8/h7-9H,2-6,12H2,1H3,(H2,13,15)(H,14,16). The number of nitrogens with two attached hydrogens (primary N) is 2. The van der Waals surface area contributed by atoms with Gasteiger partial charge in [-0.2, -0.15) is 0 Å².